The van der Waals surface area contributed by atoms with Gasteiger partial charge in [-0.15, -0.1) is 5.10 Å². The lowest BCUT2D eigenvalue weighted by atomic mass is 10.2. The van der Waals surface area contributed by atoms with Crippen molar-refractivity contribution in [1.82, 2.24) is 15.2 Å². The van der Waals surface area contributed by atoms with E-state index in [-0.39, 0.29) is 28.8 Å². The minimum atomic E-state index is -0.671. The van der Waals surface area contributed by atoms with Gasteiger partial charge in [0.1, 0.15) is 5.56 Å². The first-order chi connectivity index (χ1) is 13.4. The van der Waals surface area contributed by atoms with E-state index in [1.54, 1.807) is 33.0 Å². The number of halogens is 1. The van der Waals surface area contributed by atoms with Crippen molar-refractivity contribution in [3.63, 3.8) is 0 Å². The highest BCUT2D eigenvalue weighted by Crippen LogP contribution is 2.33. The molecule has 10 heteroatoms. The molecule has 0 aliphatic rings. The van der Waals surface area contributed by atoms with Crippen LogP contribution in [0.15, 0.2) is 28.9 Å². The molecule has 0 aromatic carbocycles. The second kappa shape index (κ2) is 9.65. The molecular weight excluding hydrogens is 390 g/mol. The van der Waals surface area contributed by atoms with Crippen molar-refractivity contribution in [2.24, 2.45) is 0 Å². The zero-order valence-corrected chi connectivity index (χ0v) is 16.2. The van der Waals surface area contributed by atoms with Crippen LogP contribution < -0.4 is 0 Å². The van der Waals surface area contributed by atoms with Crippen molar-refractivity contribution in [2.75, 3.05) is 13.2 Å². The molecule has 9 nitrogen and oxygen atoms in total. The summed E-state index contributed by atoms with van der Waals surface area (Å²) in [5.41, 5.74) is 1.26. The first kappa shape index (κ1) is 21.1. The van der Waals surface area contributed by atoms with Crippen LogP contribution in [-0.4, -0.2) is 45.4 Å². The molecular formula is C18H18ClN3O6. The summed E-state index contributed by atoms with van der Waals surface area (Å²) in [5.74, 6) is -1.51. The Balaban J connectivity index is 0.000000209. The number of pyridine rings is 1. The van der Waals surface area contributed by atoms with Crippen molar-refractivity contribution in [1.29, 1.82) is 0 Å². The molecule has 3 aromatic heterocycles. The number of nitrogens with zero attached hydrogens (tertiary/aromatic N) is 3. The average molecular weight is 408 g/mol. The van der Waals surface area contributed by atoms with Crippen LogP contribution >= 0.6 is 11.6 Å². The van der Waals surface area contributed by atoms with Crippen molar-refractivity contribution in [3.05, 3.63) is 46.7 Å². The fourth-order valence-corrected chi connectivity index (χ4v) is 2.34. The SMILES string of the molecule is CCOC(=O)c1ccnnc1Cl.CCOC(=O)c1oc2c(C)nccc2c1O. The van der Waals surface area contributed by atoms with E-state index < -0.39 is 11.9 Å². The molecule has 0 spiro atoms. The Labute approximate surface area is 165 Å². The summed E-state index contributed by atoms with van der Waals surface area (Å²) < 4.78 is 14.7. The number of rotatable bonds is 4. The fraction of sp³-hybridized carbons (Fsp3) is 0.278. The monoisotopic (exact) mass is 407 g/mol. The third-order valence-electron chi connectivity index (χ3n) is 3.39. The van der Waals surface area contributed by atoms with E-state index in [0.717, 1.165) is 0 Å². The van der Waals surface area contributed by atoms with E-state index in [0.29, 0.717) is 23.3 Å². The van der Waals surface area contributed by atoms with E-state index >= 15 is 0 Å². The molecule has 3 heterocycles. The van der Waals surface area contributed by atoms with Crippen LogP contribution in [0.4, 0.5) is 0 Å². The molecule has 0 unspecified atom stereocenters. The zero-order valence-electron chi connectivity index (χ0n) is 15.4. The summed E-state index contributed by atoms with van der Waals surface area (Å²) in [5, 5.41) is 17.3. The molecule has 0 saturated heterocycles. The molecule has 0 aliphatic carbocycles. The summed E-state index contributed by atoms with van der Waals surface area (Å²) in [6.45, 7) is 5.69. The first-order valence-corrected chi connectivity index (χ1v) is 8.66. The van der Waals surface area contributed by atoms with E-state index in [1.807, 2.05) is 0 Å². The molecule has 3 rings (SSSR count). The number of fused-ring (bicyclic) bond motifs is 1. The number of hydrogen-bond donors (Lipinski definition) is 1. The summed E-state index contributed by atoms with van der Waals surface area (Å²) in [4.78, 5) is 26.6. The van der Waals surface area contributed by atoms with Crippen LogP contribution in [0.5, 0.6) is 5.75 Å². The molecule has 1 N–H and O–H groups in total. The van der Waals surface area contributed by atoms with Crippen molar-refractivity contribution in [2.45, 2.75) is 20.8 Å². The van der Waals surface area contributed by atoms with E-state index in [9.17, 15) is 14.7 Å². The van der Waals surface area contributed by atoms with Gasteiger partial charge in [-0.3, -0.25) is 4.98 Å². The maximum Gasteiger partial charge on any atom is 0.378 e. The smallest absolute Gasteiger partial charge is 0.378 e. The van der Waals surface area contributed by atoms with Gasteiger partial charge >= 0.3 is 11.9 Å². The van der Waals surface area contributed by atoms with Gasteiger partial charge in [-0.05, 0) is 32.9 Å². The number of aromatic hydroxyl groups is 1. The number of aromatic nitrogens is 3. The van der Waals surface area contributed by atoms with E-state index in [4.69, 9.17) is 25.5 Å². The quantitative estimate of drug-likeness (QED) is 0.648. The number of esters is 2. The summed E-state index contributed by atoms with van der Waals surface area (Å²) in [7, 11) is 0. The summed E-state index contributed by atoms with van der Waals surface area (Å²) in [6.07, 6.45) is 2.93. The van der Waals surface area contributed by atoms with Gasteiger partial charge in [0.05, 0.1) is 30.5 Å². The number of carbonyl (C=O) groups is 2. The predicted molar refractivity (Wildman–Crippen MR) is 99.4 cm³/mol. The molecule has 3 aromatic rings. The van der Waals surface area contributed by atoms with Crippen molar-refractivity contribution in [3.8, 4) is 5.75 Å². The van der Waals surface area contributed by atoms with Crippen molar-refractivity contribution >= 4 is 34.5 Å². The van der Waals surface area contributed by atoms with E-state index in [1.165, 1.54) is 12.3 Å². The normalized spacial score (nSPS) is 10.1. The topological polar surface area (TPSA) is 125 Å². The van der Waals surface area contributed by atoms with Gasteiger partial charge in [0.2, 0.25) is 0 Å². The molecule has 148 valence electrons. The Morgan fingerprint density at radius 2 is 1.82 bits per heavy atom. The highest BCUT2D eigenvalue weighted by atomic mass is 35.5. The van der Waals surface area contributed by atoms with Crippen LogP contribution in [0.1, 0.15) is 40.5 Å². The molecule has 0 fully saturated rings. The van der Waals surface area contributed by atoms with Gasteiger partial charge < -0.3 is 19.0 Å². The van der Waals surface area contributed by atoms with Crippen LogP contribution in [-0.2, 0) is 9.47 Å². The molecule has 0 amide bonds. The largest absolute Gasteiger partial charge is 0.504 e. The van der Waals surface area contributed by atoms with Crippen LogP contribution in [0.3, 0.4) is 0 Å². The highest BCUT2D eigenvalue weighted by Gasteiger charge is 2.22. The number of furan rings is 1. The first-order valence-electron chi connectivity index (χ1n) is 8.29. The number of carbonyl (C=O) groups excluding carboxylic acids is 2. The summed E-state index contributed by atoms with van der Waals surface area (Å²) >= 11 is 5.58. The average Bonchev–Trinajstić information content (AvgIpc) is 3.01. The Hall–Kier alpha value is -3.20. The third-order valence-corrected chi connectivity index (χ3v) is 3.67. The fourth-order valence-electron chi connectivity index (χ4n) is 2.15. The zero-order chi connectivity index (χ0) is 20.7. The Bertz CT molecular complexity index is 989. The lowest BCUT2D eigenvalue weighted by Gasteiger charge is -2.00. The highest BCUT2D eigenvalue weighted by molar-refractivity contribution is 6.32. The summed E-state index contributed by atoms with van der Waals surface area (Å²) in [6, 6.07) is 3.05. The van der Waals surface area contributed by atoms with Gasteiger partial charge in [-0.2, -0.15) is 5.10 Å². The Morgan fingerprint density at radius 3 is 2.43 bits per heavy atom. The number of ether oxygens (including phenoxy) is 2. The van der Waals surface area contributed by atoms with Gasteiger partial charge in [0.25, 0.3) is 5.76 Å². The maximum absolute atomic E-state index is 11.5. The van der Waals surface area contributed by atoms with Crippen molar-refractivity contribution < 1.29 is 28.6 Å². The van der Waals surface area contributed by atoms with E-state index in [2.05, 4.69) is 15.2 Å². The number of aryl methyl sites for hydroxylation is 1. The lowest BCUT2D eigenvalue weighted by Crippen LogP contribution is -2.06. The maximum atomic E-state index is 11.5. The third kappa shape index (κ3) is 4.74. The molecule has 0 aliphatic heterocycles. The van der Waals surface area contributed by atoms with Gasteiger partial charge in [-0.1, -0.05) is 11.6 Å². The lowest BCUT2D eigenvalue weighted by molar-refractivity contribution is 0.0486. The standard InChI is InChI=1S/C11H11NO4.C7H7ClN2O2/c1-3-15-11(14)10-8(13)7-4-5-12-6(2)9(7)16-10;1-2-12-7(11)5-3-4-9-10-6(5)8/h4-5,13H,3H2,1-2H3;3-4H,2H2,1H3. The molecule has 28 heavy (non-hydrogen) atoms. The van der Waals surface area contributed by atoms with Gasteiger partial charge in [0.15, 0.2) is 16.5 Å². The molecule has 0 radical (unpaired) electrons. The number of hydrogen-bond acceptors (Lipinski definition) is 9. The molecule has 0 saturated carbocycles. The Morgan fingerprint density at radius 1 is 1.14 bits per heavy atom. The molecule has 0 atom stereocenters. The second-order valence-corrected chi connectivity index (χ2v) is 5.59. The molecule has 0 bridgehead atoms. The second-order valence-electron chi connectivity index (χ2n) is 5.23. The Kier molecular flexibility index (Phi) is 7.28. The van der Waals surface area contributed by atoms with Gasteiger partial charge in [-0.25, -0.2) is 9.59 Å². The minimum Gasteiger partial charge on any atom is -0.504 e. The van der Waals surface area contributed by atoms with Gasteiger partial charge in [0, 0.05) is 6.20 Å². The predicted octanol–water partition coefficient (Wildman–Crippen LogP) is 3.33. The van der Waals surface area contributed by atoms with Crippen LogP contribution in [0, 0.1) is 6.92 Å². The van der Waals surface area contributed by atoms with Crippen LogP contribution in [0.2, 0.25) is 5.15 Å². The van der Waals surface area contributed by atoms with Crippen LogP contribution in [0.25, 0.3) is 11.0 Å². The minimum absolute atomic E-state index is 0.0657.